The number of hydrogen-bond acceptors (Lipinski definition) is 3. The van der Waals surface area contributed by atoms with Gasteiger partial charge in [0.05, 0.1) is 0 Å². The summed E-state index contributed by atoms with van der Waals surface area (Å²) in [5.41, 5.74) is 4.99. The fourth-order valence-corrected chi connectivity index (χ4v) is 4.96. The minimum atomic E-state index is 0.748. The Morgan fingerprint density at radius 2 is 1.47 bits per heavy atom. The normalized spacial score (nSPS) is 11.2. The predicted molar refractivity (Wildman–Crippen MR) is 133 cm³/mol. The highest BCUT2D eigenvalue weighted by Crippen LogP contribution is 2.29. The average molecular weight is 436 g/mol. The minimum Gasteiger partial charge on any atom is -0.274 e. The maximum atomic E-state index is 4.60. The molecule has 32 heavy (non-hydrogen) atoms. The van der Waals surface area contributed by atoms with Crippen molar-refractivity contribution in [1.29, 1.82) is 0 Å². The first kappa shape index (κ1) is 20.5. The average Bonchev–Trinajstić information content (AvgIpc) is 3.25. The molecule has 4 heteroatoms. The second-order valence-corrected chi connectivity index (χ2v) is 8.79. The molecule has 3 nitrogen and oxygen atoms in total. The number of rotatable bonds is 7. The molecule has 0 aliphatic heterocycles. The van der Waals surface area contributed by atoms with Crippen molar-refractivity contribution >= 4 is 22.5 Å². The van der Waals surface area contributed by atoms with Crippen LogP contribution in [0.4, 0.5) is 0 Å². The van der Waals surface area contributed by atoms with Crippen LogP contribution in [0.15, 0.2) is 102 Å². The third kappa shape index (κ3) is 4.32. The van der Waals surface area contributed by atoms with E-state index < -0.39 is 0 Å². The molecule has 0 saturated carbocycles. The van der Waals surface area contributed by atoms with Gasteiger partial charge in [-0.15, -0.1) is 10.2 Å². The molecule has 0 amide bonds. The molecule has 0 aliphatic rings. The van der Waals surface area contributed by atoms with Crippen LogP contribution in [-0.2, 0) is 18.6 Å². The topological polar surface area (TPSA) is 30.7 Å². The van der Waals surface area contributed by atoms with Crippen molar-refractivity contribution < 1.29 is 0 Å². The fraction of sp³-hybridized carbons (Fsp3) is 0.143. The maximum absolute atomic E-state index is 4.60. The molecule has 0 saturated heterocycles. The molecule has 0 atom stereocenters. The molecule has 1 heterocycles. The largest absolute Gasteiger partial charge is 0.274 e. The van der Waals surface area contributed by atoms with Crippen molar-refractivity contribution in [2.75, 3.05) is 0 Å². The summed E-state index contributed by atoms with van der Waals surface area (Å²) in [5.74, 6) is 1.80. The lowest BCUT2D eigenvalue weighted by molar-refractivity contribution is 0.847. The molecule has 0 aliphatic carbocycles. The molecule has 4 aromatic carbocycles. The lowest BCUT2D eigenvalue weighted by Crippen LogP contribution is -2.04. The van der Waals surface area contributed by atoms with Crippen molar-refractivity contribution in [1.82, 2.24) is 14.8 Å². The summed E-state index contributed by atoms with van der Waals surface area (Å²) >= 11 is 1.74. The van der Waals surface area contributed by atoms with Gasteiger partial charge in [-0.05, 0) is 46.0 Å². The summed E-state index contributed by atoms with van der Waals surface area (Å²) in [7, 11) is 0. The first-order valence-electron chi connectivity index (χ1n) is 11.0. The van der Waals surface area contributed by atoms with Gasteiger partial charge < -0.3 is 0 Å². The first-order chi connectivity index (χ1) is 15.8. The minimum absolute atomic E-state index is 0.748. The second kappa shape index (κ2) is 9.41. The molecule has 0 N–H and O–H groups in total. The molecule has 0 bridgehead atoms. The molecular formula is C28H25N3S. The molecular weight excluding hydrogens is 410 g/mol. The molecule has 0 unspecified atom stereocenters. The van der Waals surface area contributed by atoms with Crippen molar-refractivity contribution in [2.24, 2.45) is 0 Å². The monoisotopic (exact) mass is 435 g/mol. The molecule has 1 aromatic heterocycles. The Morgan fingerprint density at radius 3 is 2.28 bits per heavy atom. The molecule has 0 radical (unpaired) electrons. The zero-order chi connectivity index (χ0) is 21.8. The van der Waals surface area contributed by atoms with E-state index in [2.05, 4.69) is 113 Å². The van der Waals surface area contributed by atoms with Gasteiger partial charge in [-0.25, -0.2) is 0 Å². The summed E-state index contributed by atoms with van der Waals surface area (Å²) in [6.07, 6.45) is 1.78. The van der Waals surface area contributed by atoms with E-state index in [1.807, 2.05) is 6.07 Å². The van der Waals surface area contributed by atoms with Gasteiger partial charge in [0.1, 0.15) is 5.82 Å². The number of aryl methyl sites for hydroxylation is 1. The third-order valence-corrected chi connectivity index (χ3v) is 6.72. The Morgan fingerprint density at radius 1 is 0.719 bits per heavy atom. The van der Waals surface area contributed by atoms with Crippen LogP contribution < -0.4 is 0 Å². The van der Waals surface area contributed by atoms with Gasteiger partial charge >= 0.3 is 0 Å². The van der Waals surface area contributed by atoms with E-state index in [1.54, 1.807) is 11.8 Å². The molecule has 5 rings (SSSR count). The summed E-state index contributed by atoms with van der Waals surface area (Å²) in [4.78, 5) is 0. The van der Waals surface area contributed by atoms with E-state index in [0.29, 0.717) is 0 Å². The second-order valence-electron chi connectivity index (χ2n) is 7.84. The van der Waals surface area contributed by atoms with E-state index in [0.717, 1.165) is 35.3 Å². The van der Waals surface area contributed by atoms with Crippen LogP contribution in [0.2, 0.25) is 0 Å². The SMILES string of the molecule is CCc1ccc(-n2c(Cc3ccccc3)nnc2SCc2cccc3ccccc23)cc1. The van der Waals surface area contributed by atoms with E-state index in [-0.39, 0.29) is 0 Å². The van der Waals surface area contributed by atoms with Crippen LogP contribution in [0, 0.1) is 0 Å². The van der Waals surface area contributed by atoms with Gasteiger partial charge in [-0.3, -0.25) is 4.57 Å². The summed E-state index contributed by atoms with van der Waals surface area (Å²) in [6, 6.07) is 34.3. The van der Waals surface area contributed by atoms with E-state index in [9.17, 15) is 0 Å². The quantitative estimate of drug-likeness (QED) is 0.261. The highest BCUT2D eigenvalue weighted by Gasteiger charge is 2.16. The molecule has 158 valence electrons. The Bertz CT molecular complexity index is 1320. The van der Waals surface area contributed by atoms with E-state index >= 15 is 0 Å². The maximum Gasteiger partial charge on any atom is 0.196 e. The molecule has 0 fully saturated rings. The zero-order valence-corrected chi connectivity index (χ0v) is 18.9. The Hall–Kier alpha value is -3.37. The number of aromatic nitrogens is 3. The smallest absolute Gasteiger partial charge is 0.196 e. The molecule has 0 spiro atoms. The van der Waals surface area contributed by atoms with Crippen LogP contribution in [-0.4, -0.2) is 14.8 Å². The van der Waals surface area contributed by atoms with Gasteiger partial charge in [-0.2, -0.15) is 0 Å². The van der Waals surface area contributed by atoms with Crippen LogP contribution in [0.5, 0.6) is 0 Å². The van der Waals surface area contributed by atoms with E-state index in [4.69, 9.17) is 0 Å². The van der Waals surface area contributed by atoms with Crippen LogP contribution >= 0.6 is 11.8 Å². The Balaban J connectivity index is 1.49. The number of hydrogen-bond donors (Lipinski definition) is 0. The van der Waals surface area contributed by atoms with Crippen molar-refractivity contribution in [3.63, 3.8) is 0 Å². The number of fused-ring (bicyclic) bond motifs is 1. The highest BCUT2D eigenvalue weighted by atomic mass is 32.2. The summed E-state index contributed by atoms with van der Waals surface area (Å²) < 4.78 is 2.21. The van der Waals surface area contributed by atoms with Crippen molar-refractivity contribution in [3.05, 3.63) is 120 Å². The standard InChI is InChI=1S/C28H25N3S/c1-2-21-15-17-25(18-16-21)31-27(19-22-9-4-3-5-10-22)29-30-28(31)32-20-24-13-8-12-23-11-6-7-14-26(23)24/h3-18H,2,19-20H2,1H3. The van der Waals surface area contributed by atoms with Gasteiger partial charge in [0.15, 0.2) is 5.16 Å². The van der Waals surface area contributed by atoms with Crippen molar-refractivity contribution in [3.8, 4) is 5.69 Å². The van der Waals surface area contributed by atoms with E-state index in [1.165, 1.54) is 27.5 Å². The zero-order valence-electron chi connectivity index (χ0n) is 18.1. The van der Waals surface area contributed by atoms with Gasteiger partial charge in [0.25, 0.3) is 0 Å². The van der Waals surface area contributed by atoms with Crippen LogP contribution in [0.1, 0.15) is 29.4 Å². The van der Waals surface area contributed by atoms with Gasteiger partial charge in [0.2, 0.25) is 0 Å². The highest BCUT2D eigenvalue weighted by molar-refractivity contribution is 7.98. The van der Waals surface area contributed by atoms with Gasteiger partial charge in [-0.1, -0.05) is 104 Å². The summed E-state index contributed by atoms with van der Waals surface area (Å²) in [6.45, 7) is 2.18. The van der Waals surface area contributed by atoms with Crippen LogP contribution in [0.25, 0.3) is 16.5 Å². The van der Waals surface area contributed by atoms with Crippen molar-refractivity contribution in [2.45, 2.75) is 30.7 Å². The predicted octanol–water partition coefficient (Wildman–Crippen LogP) is 6.87. The Labute approximate surface area is 193 Å². The van der Waals surface area contributed by atoms with Crippen LogP contribution in [0.3, 0.4) is 0 Å². The Kier molecular flexibility index (Phi) is 6.04. The first-order valence-corrected chi connectivity index (χ1v) is 12.0. The fourth-order valence-electron chi connectivity index (χ4n) is 3.99. The lowest BCUT2D eigenvalue weighted by Gasteiger charge is -2.12. The third-order valence-electron chi connectivity index (χ3n) is 5.74. The lowest BCUT2D eigenvalue weighted by atomic mass is 10.1. The molecule has 5 aromatic rings. The number of nitrogens with zero attached hydrogens (tertiary/aromatic N) is 3. The number of benzene rings is 4. The summed E-state index contributed by atoms with van der Waals surface area (Å²) in [5, 5.41) is 12.7. The number of thioether (sulfide) groups is 1. The van der Waals surface area contributed by atoms with Gasteiger partial charge in [0, 0.05) is 17.9 Å².